The number of carbonyl (C=O) groups is 1. The van der Waals surface area contributed by atoms with Crippen LogP contribution < -0.4 is 5.32 Å². The second kappa shape index (κ2) is 6.26. The fraction of sp³-hybridized carbons (Fsp3) is 0.889. The van der Waals surface area contributed by atoms with E-state index in [0.29, 0.717) is 25.7 Å². The SMILES string of the molecule is O=C(NCCO)C1CCC(O[N+](=O)[O-])CC1. The highest BCUT2D eigenvalue weighted by Gasteiger charge is 2.27. The number of nitrogens with zero attached hydrogens (tertiary/aromatic N) is 1. The molecule has 1 aliphatic rings. The van der Waals surface area contributed by atoms with Gasteiger partial charge in [0.15, 0.2) is 0 Å². The summed E-state index contributed by atoms with van der Waals surface area (Å²) in [6, 6.07) is 0. The number of amides is 1. The van der Waals surface area contributed by atoms with Crippen LogP contribution >= 0.6 is 0 Å². The molecule has 0 aliphatic heterocycles. The Hall–Kier alpha value is -1.37. The molecule has 0 bridgehead atoms. The van der Waals surface area contributed by atoms with Crippen LogP contribution in [-0.4, -0.2) is 35.4 Å². The van der Waals surface area contributed by atoms with Crippen molar-refractivity contribution in [3.8, 4) is 0 Å². The lowest BCUT2D eigenvalue weighted by atomic mass is 9.87. The Balaban J connectivity index is 2.25. The average molecular weight is 232 g/mol. The van der Waals surface area contributed by atoms with Crippen LogP contribution in [0.3, 0.4) is 0 Å². The molecule has 7 heteroatoms. The summed E-state index contributed by atoms with van der Waals surface area (Å²) in [7, 11) is 0. The van der Waals surface area contributed by atoms with E-state index in [-0.39, 0.29) is 31.1 Å². The zero-order valence-corrected chi connectivity index (χ0v) is 8.92. The minimum absolute atomic E-state index is 0.0779. The van der Waals surface area contributed by atoms with Gasteiger partial charge in [0.1, 0.15) is 6.10 Å². The summed E-state index contributed by atoms with van der Waals surface area (Å²) in [6.45, 7) is 0.176. The first-order valence-corrected chi connectivity index (χ1v) is 5.33. The molecule has 0 aromatic heterocycles. The van der Waals surface area contributed by atoms with Crippen molar-refractivity contribution in [2.24, 2.45) is 5.92 Å². The third-order valence-corrected chi connectivity index (χ3v) is 2.69. The quantitative estimate of drug-likeness (QED) is 0.507. The summed E-state index contributed by atoms with van der Waals surface area (Å²) in [4.78, 5) is 26.0. The Kier molecular flexibility index (Phi) is 4.97. The van der Waals surface area contributed by atoms with Gasteiger partial charge in [-0.3, -0.25) is 4.79 Å². The molecule has 0 heterocycles. The number of aliphatic hydroxyl groups is 1. The predicted molar refractivity (Wildman–Crippen MR) is 53.9 cm³/mol. The van der Waals surface area contributed by atoms with E-state index in [4.69, 9.17) is 5.11 Å². The lowest BCUT2D eigenvalue weighted by Crippen LogP contribution is -2.36. The van der Waals surface area contributed by atoms with Crippen molar-refractivity contribution in [2.45, 2.75) is 31.8 Å². The van der Waals surface area contributed by atoms with E-state index in [2.05, 4.69) is 10.2 Å². The maximum absolute atomic E-state index is 11.5. The molecule has 2 N–H and O–H groups in total. The molecule has 0 radical (unpaired) electrons. The molecular weight excluding hydrogens is 216 g/mol. The van der Waals surface area contributed by atoms with Gasteiger partial charge in [0.2, 0.25) is 5.91 Å². The molecule has 0 saturated heterocycles. The Morgan fingerprint density at radius 1 is 1.44 bits per heavy atom. The van der Waals surface area contributed by atoms with Crippen LogP contribution in [0.2, 0.25) is 0 Å². The van der Waals surface area contributed by atoms with Crippen molar-refractivity contribution >= 4 is 5.91 Å². The highest BCUT2D eigenvalue weighted by molar-refractivity contribution is 5.78. The van der Waals surface area contributed by atoms with Gasteiger partial charge in [-0.1, -0.05) is 0 Å². The van der Waals surface area contributed by atoms with Gasteiger partial charge >= 0.3 is 0 Å². The second-order valence-corrected chi connectivity index (χ2v) is 3.82. The maximum atomic E-state index is 11.5. The van der Waals surface area contributed by atoms with Crippen LogP contribution in [0, 0.1) is 16.0 Å². The monoisotopic (exact) mass is 232 g/mol. The van der Waals surface area contributed by atoms with E-state index < -0.39 is 5.09 Å². The zero-order chi connectivity index (χ0) is 12.0. The van der Waals surface area contributed by atoms with Crippen molar-refractivity contribution in [3.63, 3.8) is 0 Å². The van der Waals surface area contributed by atoms with Gasteiger partial charge in [0.05, 0.1) is 6.61 Å². The molecule has 0 aromatic carbocycles. The normalized spacial score (nSPS) is 24.8. The molecule has 0 atom stereocenters. The van der Waals surface area contributed by atoms with Crippen LogP contribution in [0.4, 0.5) is 0 Å². The first kappa shape index (κ1) is 12.7. The molecule has 1 rings (SSSR count). The molecule has 0 aromatic rings. The van der Waals surface area contributed by atoms with Crippen molar-refractivity contribution in [1.29, 1.82) is 0 Å². The summed E-state index contributed by atoms with van der Waals surface area (Å²) >= 11 is 0. The molecule has 0 spiro atoms. The van der Waals surface area contributed by atoms with Gasteiger partial charge in [-0.15, -0.1) is 10.1 Å². The van der Waals surface area contributed by atoms with Crippen molar-refractivity contribution in [2.75, 3.05) is 13.2 Å². The molecule has 1 fully saturated rings. The van der Waals surface area contributed by atoms with Crippen LogP contribution in [0.15, 0.2) is 0 Å². The number of hydrogen-bond donors (Lipinski definition) is 2. The third-order valence-electron chi connectivity index (χ3n) is 2.69. The first-order chi connectivity index (χ1) is 7.63. The van der Waals surface area contributed by atoms with Gasteiger partial charge in [-0.25, -0.2) is 0 Å². The molecular formula is C9H16N2O5. The lowest BCUT2D eigenvalue weighted by Gasteiger charge is -2.26. The second-order valence-electron chi connectivity index (χ2n) is 3.82. The number of aliphatic hydroxyl groups excluding tert-OH is 1. The summed E-state index contributed by atoms with van der Waals surface area (Å²) in [5.41, 5.74) is 0. The van der Waals surface area contributed by atoms with E-state index in [1.807, 2.05) is 0 Å². The highest BCUT2D eigenvalue weighted by atomic mass is 17.0. The first-order valence-electron chi connectivity index (χ1n) is 5.33. The Morgan fingerprint density at radius 3 is 2.56 bits per heavy atom. The number of rotatable bonds is 5. The minimum atomic E-state index is -0.781. The van der Waals surface area contributed by atoms with E-state index in [0.717, 1.165) is 0 Å². The number of nitrogens with one attached hydrogen (secondary N) is 1. The van der Waals surface area contributed by atoms with Crippen molar-refractivity contribution < 1.29 is 19.8 Å². The van der Waals surface area contributed by atoms with E-state index >= 15 is 0 Å². The molecule has 92 valence electrons. The van der Waals surface area contributed by atoms with E-state index in [9.17, 15) is 14.9 Å². The van der Waals surface area contributed by atoms with Gasteiger partial charge in [-0.2, -0.15) is 0 Å². The molecule has 16 heavy (non-hydrogen) atoms. The molecule has 1 amide bonds. The van der Waals surface area contributed by atoms with Gasteiger partial charge in [0, 0.05) is 12.5 Å². The number of carbonyl (C=O) groups excluding carboxylic acids is 1. The van der Waals surface area contributed by atoms with Gasteiger partial charge in [-0.05, 0) is 25.7 Å². The Morgan fingerprint density at radius 2 is 2.06 bits per heavy atom. The van der Waals surface area contributed by atoms with Crippen LogP contribution in [0.5, 0.6) is 0 Å². The van der Waals surface area contributed by atoms with Crippen LogP contribution in [-0.2, 0) is 9.63 Å². The molecule has 1 saturated carbocycles. The Labute approximate surface area is 92.9 Å². The zero-order valence-electron chi connectivity index (χ0n) is 8.92. The molecule has 7 nitrogen and oxygen atoms in total. The Bertz CT molecular complexity index is 250. The van der Waals surface area contributed by atoms with Crippen molar-refractivity contribution in [3.05, 3.63) is 10.1 Å². The van der Waals surface area contributed by atoms with Crippen molar-refractivity contribution in [1.82, 2.24) is 5.32 Å². The maximum Gasteiger partial charge on any atom is 0.294 e. The lowest BCUT2D eigenvalue weighted by molar-refractivity contribution is -0.769. The highest BCUT2D eigenvalue weighted by Crippen LogP contribution is 2.26. The summed E-state index contributed by atoms with van der Waals surface area (Å²) < 4.78 is 0. The number of hydrogen-bond acceptors (Lipinski definition) is 5. The van der Waals surface area contributed by atoms with Crippen LogP contribution in [0.25, 0.3) is 0 Å². The van der Waals surface area contributed by atoms with E-state index in [1.54, 1.807) is 0 Å². The largest absolute Gasteiger partial charge is 0.395 e. The third kappa shape index (κ3) is 4.01. The standard InChI is InChI=1S/C9H16N2O5/c12-6-5-10-9(13)7-1-3-8(4-2-7)16-11(14)15/h7-8,12H,1-6H2,(H,10,13). The minimum Gasteiger partial charge on any atom is -0.395 e. The summed E-state index contributed by atoms with van der Waals surface area (Å²) in [5, 5.41) is 20.5. The predicted octanol–water partition coefficient (Wildman–Crippen LogP) is -0.138. The van der Waals surface area contributed by atoms with Gasteiger partial charge in [0.25, 0.3) is 5.09 Å². The fourth-order valence-corrected chi connectivity index (χ4v) is 1.88. The van der Waals surface area contributed by atoms with E-state index in [1.165, 1.54) is 0 Å². The molecule has 1 aliphatic carbocycles. The fourth-order valence-electron chi connectivity index (χ4n) is 1.88. The van der Waals surface area contributed by atoms with Crippen LogP contribution in [0.1, 0.15) is 25.7 Å². The average Bonchev–Trinajstić information content (AvgIpc) is 2.26. The summed E-state index contributed by atoms with van der Waals surface area (Å²) in [6.07, 6.45) is 1.86. The topological polar surface area (TPSA) is 102 Å². The molecule has 0 unspecified atom stereocenters. The smallest absolute Gasteiger partial charge is 0.294 e. The summed E-state index contributed by atoms with van der Waals surface area (Å²) in [5.74, 6) is -0.202. The van der Waals surface area contributed by atoms with Gasteiger partial charge < -0.3 is 15.3 Å².